The highest BCUT2D eigenvalue weighted by Crippen LogP contribution is 2.25. The van der Waals surface area contributed by atoms with Gasteiger partial charge >= 0.3 is 0 Å². The van der Waals surface area contributed by atoms with Crippen LogP contribution in [0.4, 0.5) is 0 Å². The summed E-state index contributed by atoms with van der Waals surface area (Å²) in [7, 11) is 1.49. The topological polar surface area (TPSA) is 70.9 Å². The third-order valence-corrected chi connectivity index (χ3v) is 3.86. The van der Waals surface area contributed by atoms with Crippen molar-refractivity contribution in [2.75, 3.05) is 7.11 Å². The van der Waals surface area contributed by atoms with Crippen LogP contribution in [0, 0.1) is 0 Å². The van der Waals surface area contributed by atoms with E-state index in [-0.39, 0.29) is 11.7 Å². The number of ether oxygens (including phenoxy) is 1. The number of amides is 1. The number of nitrogens with zero attached hydrogens (tertiary/aromatic N) is 1. The quantitative estimate of drug-likeness (QED) is 0.338. The Kier molecular flexibility index (Phi) is 10.3. The molecule has 1 aromatic rings. The van der Waals surface area contributed by atoms with Gasteiger partial charge in [0, 0.05) is 6.42 Å². The second-order valence-corrected chi connectivity index (χ2v) is 5.95. The zero-order chi connectivity index (χ0) is 17.6. The summed E-state index contributed by atoms with van der Waals surface area (Å²) in [5.74, 6) is 0.382. The Labute approximate surface area is 145 Å². The van der Waals surface area contributed by atoms with E-state index in [1.165, 1.54) is 57.9 Å². The molecule has 0 unspecified atom stereocenters. The van der Waals surface area contributed by atoms with Crippen molar-refractivity contribution < 1.29 is 14.6 Å². The van der Waals surface area contributed by atoms with Gasteiger partial charge in [-0.2, -0.15) is 5.10 Å². The molecule has 0 saturated heterocycles. The molecule has 0 aliphatic heterocycles. The predicted molar refractivity (Wildman–Crippen MR) is 97.6 cm³/mol. The van der Waals surface area contributed by atoms with E-state index in [0.717, 1.165) is 12.8 Å². The summed E-state index contributed by atoms with van der Waals surface area (Å²) in [6, 6.07) is 4.94. The van der Waals surface area contributed by atoms with Crippen molar-refractivity contribution in [3.05, 3.63) is 23.8 Å². The third kappa shape index (κ3) is 8.56. The Balaban J connectivity index is 2.14. The smallest absolute Gasteiger partial charge is 0.240 e. The first-order valence-corrected chi connectivity index (χ1v) is 8.86. The van der Waals surface area contributed by atoms with Gasteiger partial charge < -0.3 is 9.84 Å². The molecule has 0 bridgehead atoms. The minimum absolute atomic E-state index is 0.0479. The molecular weight excluding hydrogens is 304 g/mol. The number of phenols is 1. The lowest BCUT2D eigenvalue weighted by Gasteiger charge is -2.03. The zero-order valence-corrected chi connectivity index (χ0v) is 14.9. The second kappa shape index (κ2) is 12.4. The number of hydrogen-bond donors (Lipinski definition) is 2. The van der Waals surface area contributed by atoms with Crippen molar-refractivity contribution in [2.24, 2.45) is 5.10 Å². The number of benzene rings is 1. The fourth-order valence-electron chi connectivity index (χ4n) is 2.44. The van der Waals surface area contributed by atoms with Gasteiger partial charge in [-0.05, 0) is 30.2 Å². The van der Waals surface area contributed by atoms with E-state index in [1.807, 2.05) is 0 Å². The second-order valence-electron chi connectivity index (χ2n) is 5.95. The van der Waals surface area contributed by atoms with Crippen LogP contribution in [0.1, 0.15) is 70.3 Å². The van der Waals surface area contributed by atoms with Gasteiger partial charge in [-0.3, -0.25) is 4.79 Å². The van der Waals surface area contributed by atoms with Crippen LogP contribution in [0.5, 0.6) is 11.5 Å². The van der Waals surface area contributed by atoms with Gasteiger partial charge in [-0.1, -0.05) is 51.9 Å². The third-order valence-electron chi connectivity index (χ3n) is 3.86. The molecule has 5 heteroatoms. The number of hydrazone groups is 1. The summed E-state index contributed by atoms with van der Waals surface area (Å²) in [4.78, 5) is 11.7. The Hall–Kier alpha value is -2.04. The minimum Gasteiger partial charge on any atom is -0.504 e. The molecule has 2 N–H and O–H groups in total. The van der Waals surface area contributed by atoms with E-state index in [2.05, 4.69) is 17.5 Å². The van der Waals surface area contributed by atoms with Gasteiger partial charge in [-0.25, -0.2) is 5.43 Å². The van der Waals surface area contributed by atoms with E-state index < -0.39 is 0 Å². The molecular formula is C19H30N2O3. The molecule has 0 aliphatic carbocycles. The Morgan fingerprint density at radius 2 is 1.83 bits per heavy atom. The number of hydrogen-bond acceptors (Lipinski definition) is 4. The monoisotopic (exact) mass is 334 g/mol. The molecule has 1 aromatic carbocycles. The summed E-state index contributed by atoms with van der Waals surface area (Å²) < 4.78 is 4.97. The number of rotatable bonds is 12. The maximum atomic E-state index is 11.7. The van der Waals surface area contributed by atoms with E-state index in [9.17, 15) is 9.90 Å². The van der Waals surface area contributed by atoms with Gasteiger partial charge in [0.1, 0.15) is 0 Å². The van der Waals surface area contributed by atoms with Crippen molar-refractivity contribution in [1.82, 2.24) is 5.43 Å². The van der Waals surface area contributed by atoms with Crippen LogP contribution in [0.3, 0.4) is 0 Å². The summed E-state index contributed by atoms with van der Waals surface area (Å²) >= 11 is 0. The average molecular weight is 334 g/mol. The van der Waals surface area contributed by atoms with Crippen LogP contribution < -0.4 is 10.2 Å². The molecule has 24 heavy (non-hydrogen) atoms. The molecule has 0 radical (unpaired) electrons. The summed E-state index contributed by atoms with van der Waals surface area (Å²) in [6.07, 6.45) is 11.7. The van der Waals surface area contributed by atoms with Crippen LogP contribution in [0.15, 0.2) is 23.3 Å². The van der Waals surface area contributed by atoms with Gasteiger partial charge in [0.25, 0.3) is 0 Å². The minimum atomic E-state index is -0.0741. The Morgan fingerprint density at radius 1 is 1.17 bits per heavy atom. The lowest BCUT2D eigenvalue weighted by atomic mass is 10.1. The number of phenolic OH excluding ortho intramolecular Hbond substituents is 1. The maximum absolute atomic E-state index is 11.7. The molecule has 0 saturated carbocycles. The number of carbonyl (C=O) groups excluding carboxylic acids is 1. The van der Waals surface area contributed by atoms with E-state index in [4.69, 9.17) is 4.74 Å². The summed E-state index contributed by atoms with van der Waals surface area (Å²) in [5, 5.41) is 13.6. The van der Waals surface area contributed by atoms with E-state index in [0.29, 0.717) is 17.7 Å². The van der Waals surface area contributed by atoms with Crippen LogP contribution >= 0.6 is 0 Å². The van der Waals surface area contributed by atoms with Crippen LogP contribution in [-0.2, 0) is 4.79 Å². The molecule has 0 fully saturated rings. The van der Waals surface area contributed by atoms with Crippen molar-refractivity contribution in [2.45, 2.75) is 64.7 Å². The maximum Gasteiger partial charge on any atom is 0.240 e. The Bertz CT molecular complexity index is 515. The largest absolute Gasteiger partial charge is 0.504 e. The summed E-state index contributed by atoms with van der Waals surface area (Å²) in [5.41, 5.74) is 3.21. The molecule has 0 atom stereocenters. The molecule has 0 aromatic heterocycles. The highest BCUT2D eigenvalue weighted by Gasteiger charge is 2.02. The molecule has 0 spiro atoms. The molecule has 0 aliphatic rings. The van der Waals surface area contributed by atoms with Crippen LogP contribution in [0.2, 0.25) is 0 Å². The SMILES string of the molecule is CCCCCCCCCCC(=O)NN=Cc1ccc(OC)c(O)c1. The fraction of sp³-hybridized carbons (Fsp3) is 0.579. The number of aromatic hydroxyl groups is 1. The standard InChI is InChI=1S/C19H30N2O3/c1-3-4-5-6-7-8-9-10-11-19(23)21-20-15-16-12-13-18(24-2)17(22)14-16/h12-15,22H,3-11H2,1-2H3,(H,21,23). The van der Waals surface area contributed by atoms with Crippen molar-refractivity contribution >= 4 is 12.1 Å². The highest BCUT2D eigenvalue weighted by molar-refractivity contribution is 5.83. The fourth-order valence-corrected chi connectivity index (χ4v) is 2.44. The normalized spacial score (nSPS) is 10.9. The average Bonchev–Trinajstić information content (AvgIpc) is 2.57. The first-order chi connectivity index (χ1) is 11.7. The first kappa shape index (κ1) is 20.0. The van der Waals surface area contributed by atoms with Crippen LogP contribution in [0.25, 0.3) is 0 Å². The predicted octanol–water partition coefficient (Wildman–Crippen LogP) is 4.38. The highest BCUT2D eigenvalue weighted by atomic mass is 16.5. The van der Waals surface area contributed by atoms with Gasteiger partial charge in [0.2, 0.25) is 5.91 Å². The zero-order valence-electron chi connectivity index (χ0n) is 14.9. The van der Waals surface area contributed by atoms with Crippen molar-refractivity contribution in [3.63, 3.8) is 0 Å². The number of methoxy groups -OCH3 is 1. The molecule has 1 amide bonds. The van der Waals surface area contributed by atoms with Gasteiger partial charge in [-0.15, -0.1) is 0 Å². The molecule has 0 heterocycles. The molecule has 5 nitrogen and oxygen atoms in total. The first-order valence-electron chi connectivity index (χ1n) is 8.86. The lowest BCUT2D eigenvalue weighted by Crippen LogP contribution is -2.16. The lowest BCUT2D eigenvalue weighted by molar-refractivity contribution is -0.121. The number of unbranched alkanes of at least 4 members (excludes halogenated alkanes) is 7. The van der Waals surface area contributed by atoms with Crippen molar-refractivity contribution in [3.8, 4) is 11.5 Å². The van der Waals surface area contributed by atoms with E-state index >= 15 is 0 Å². The number of carbonyl (C=O) groups is 1. The van der Waals surface area contributed by atoms with Gasteiger partial charge in [0.15, 0.2) is 11.5 Å². The van der Waals surface area contributed by atoms with E-state index in [1.54, 1.807) is 12.1 Å². The van der Waals surface area contributed by atoms with Gasteiger partial charge in [0.05, 0.1) is 13.3 Å². The number of nitrogens with one attached hydrogen (secondary N) is 1. The summed E-state index contributed by atoms with van der Waals surface area (Å²) in [6.45, 7) is 2.22. The Morgan fingerprint density at radius 3 is 2.46 bits per heavy atom. The van der Waals surface area contributed by atoms with Crippen molar-refractivity contribution in [1.29, 1.82) is 0 Å². The molecule has 134 valence electrons. The molecule has 1 rings (SSSR count). The van der Waals surface area contributed by atoms with Crippen LogP contribution in [-0.4, -0.2) is 24.3 Å².